The number of hydrogen-bond acceptors (Lipinski definition) is 2. The molecule has 0 aromatic carbocycles. The molecule has 0 saturated carbocycles. The highest BCUT2D eigenvalue weighted by Gasteiger charge is 2.08. The fourth-order valence-electron chi connectivity index (χ4n) is 1.54. The molecule has 0 rings (SSSR count). The van der Waals surface area contributed by atoms with Gasteiger partial charge in [0.2, 0.25) is 0 Å². The van der Waals surface area contributed by atoms with Gasteiger partial charge < -0.3 is 9.47 Å². The minimum Gasteiger partial charge on any atom is -0.379 e. The largest absolute Gasteiger partial charge is 0.379 e. The van der Waals surface area contributed by atoms with Gasteiger partial charge in [0.1, 0.15) is 0 Å². The van der Waals surface area contributed by atoms with Crippen LogP contribution in [-0.2, 0) is 9.47 Å². The van der Waals surface area contributed by atoms with E-state index in [1.807, 2.05) is 0 Å². The minimum atomic E-state index is 0.357. The van der Waals surface area contributed by atoms with Crippen molar-refractivity contribution >= 4 is 0 Å². The average Bonchev–Trinajstić information content (AvgIpc) is 2.24. The van der Waals surface area contributed by atoms with Crippen LogP contribution in [0.3, 0.4) is 0 Å². The van der Waals surface area contributed by atoms with Gasteiger partial charge in [0.05, 0.1) is 12.2 Å². The van der Waals surface area contributed by atoms with Crippen molar-refractivity contribution in [1.29, 1.82) is 0 Å². The molecule has 16 heavy (non-hydrogen) atoms. The molecule has 0 aliphatic carbocycles. The van der Waals surface area contributed by atoms with Crippen molar-refractivity contribution in [3.05, 3.63) is 6.10 Å². The van der Waals surface area contributed by atoms with Gasteiger partial charge in [0.25, 0.3) is 0 Å². The van der Waals surface area contributed by atoms with Crippen LogP contribution in [0.2, 0.25) is 0 Å². The lowest BCUT2D eigenvalue weighted by molar-refractivity contribution is 0.0726. The third kappa shape index (κ3) is 10.4. The fourth-order valence-corrected chi connectivity index (χ4v) is 1.54. The van der Waals surface area contributed by atoms with Crippen molar-refractivity contribution in [3.63, 3.8) is 0 Å². The van der Waals surface area contributed by atoms with E-state index in [4.69, 9.17) is 9.47 Å². The molecule has 1 radical (unpaired) electrons. The van der Waals surface area contributed by atoms with E-state index in [1.165, 1.54) is 18.9 Å². The van der Waals surface area contributed by atoms with E-state index in [2.05, 4.69) is 27.7 Å². The maximum atomic E-state index is 5.74. The Kier molecular flexibility index (Phi) is 11.3. The van der Waals surface area contributed by atoms with Crippen LogP contribution in [0.15, 0.2) is 0 Å². The Bertz CT molecular complexity index is 135. The third-order valence-electron chi connectivity index (χ3n) is 2.34. The summed E-state index contributed by atoms with van der Waals surface area (Å²) in [5, 5.41) is 0. The van der Waals surface area contributed by atoms with Gasteiger partial charge in [0.15, 0.2) is 0 Å². The minimum absolute atomic E-state index is 0.357. The van der Waals surface area contributed by atoms with Gasteiger partial charge >= 0.3 is 0 Å². The quantitative estimate of drug-likeness (QED) is 0.491. The molecule has 0 saturated heterocycles. The third-order valence-corrected chi connectivity index (χ3v) is 2.34. The van der Waals surface area contributed by atoms with E-state index >= 15 is 0 Å². The van der Waals surface area contributed by atoms with Crippen LogP contribution in [0.5, 0.6) is 0 Å². The van der Waals surface area contributed by atoms with Gasteiger partial charge in [-0.15, -0.1) is 0 Å². The van der Waals surface area contributed by atoms with Crippen molar-refractivity contribution in [2.24, 2.45) is 0 Å². The monoisotopic (exact) mass is 229 g/mol. The predicted molar refractivity (Wildman–Crippen MR) is 69.3 cm³/mol. The molecule has 2 nitrogen and oxygen atoms in total. The van der Waals surface area contributed by atoms with Crippen molar-refractivity contribution in [1.82, 2.24) is 0 Å². The Morgan fingerprint density at radius 1 is 0.938 bits per heavy atom. The highest BCUT2D eigenvalue weighted by atomic mass is 16.5. The summed E-state index contributed by atoms with van der Waals surface area (Å²) < 4.78 is 11.2. The zero-order valence-electron chi connectivity index (χ0n) is 11.6. The summed E-state index contributed by atoms with van der Waals surface area (Å²) in [6.45, 7) is 10.3. The van der Waals surface area contributed by atoms with E-state index in [9.17, 15) is 0 Å². The molecule has 97 valence electrons. The Labute approximate surface area is 102 Å². The first kappa shape index (κ1) is 15.9. The number of ether oxygens (including phenoxy) is 2. The lowest BCUT2D eigenvalue weighted by Gasteiger charge is -2.15. The molecule has 0 heterocycles. The van der Waals surface area contributed by atoms with Gasteiger partial charge in [-0.2, -0.15) is 0 Å². The first-order valence-corrected chi connectivity index (χ1v) is 6.79. The number of hydrogen-bond donors (Lipinski definition) is 0. The summed E-state index contributed by atoms with van der Waals surface area (Å²) in [6.07, 6.45) is 8.47. The molecular weight excluding hydrogens is 200 g/mol. The molecule has 0 atom stereocenters. The van der Waals surface area contributed by atoms with Crippen LogP contribution >= 0.6 is 0 Å². The van der Waals surface area contributed by atoms with Crippen LogP contribution in [0.1, 0.15) is 66.2 Å². The molecule has 0 aromatic rings. The summed E-state index contributed by atoms with van der Waals surface area (Å²) in [7, 11) is 0. The highest BCUT2D eigenvalue weighted by Crippen LogP contribution is 2.18. The van der Waals surface area contributed by atoms with Gasteiger partial charge in [0, 0.05) is 13.2 Å². The van der Waals surface area contributed by atoms with Crippen molar-refractivity contribution < 1.29 is 9.47 Å². The summed E-state index contributed by atoms with van der Waals surface area (Å²) in [4.78, 5) is 0. The number of unbranched alkanes of at least 4 members (excludes halogenated alkanes) is 1. The second kappa shape index (κ2) is 11.4. The van der Waals surface area contributed by atoms with E-state index in [1.54, 1.807) is 0 Å². The van der Waals surface area contributed by atoms with Crippen LogP contribution < -0.4 is 0 Å². The SMILES string of the molecule is CCCO[C](CCC)CCCCOC(C)C. The van der Waals surface area contributed by atoms with Crippen LogP contribution in [0.4, 0.5) is 0 Å². The van der Waals surface area contributed by atoms with E-state index < -0.39 is 0 Å². The lowest BCUT2D eigenvalue weighted by atomic mass is 10.1. The van der Waals surface area contributed by atoms with E-state index in [0.717, 1.165) is 38.9 Å². The molecule has 0 spiro atoms. The molecule has 0 aromatic heterocycles. The summed E-state index contributed by atoms with van der Waals surface area (Å²) in [5.41, 5.74) is 0. The van der Waals surface area contributed by atoms with Gasteiger partial charge in [-0.1, -0.05) is 20.3 Å². The first-order chi connectivity index (χ1) is 7.70. The Morgan fingerprint density at radius 3 is 2.25 bits per heavy atom. The first-order valence-electron chi connectivity index (χ1n) is 6.79. The maximum absolute atomic E-state index is 5.74. The van der Waals surface area contributed by atoms with Crippen LogP contribution in [0.25, 0.3) is 0 Å². The standard InChI is InChI=1S/C14H29O2/c1-5-9-14(16-11-6-2)10-7-8-12-15-13(3)4/h13H,5-12H2,1-4H3. The molecular formula is C14H29O2. The average molecular weight is 229 g/mol. The second-order valence-corrected chi connectivity index (χ2v) is 4.51. The molecule has 0 aliphatic heterocycles. The normalized spacial score (nSPS) is 11.6. The number of rotatable bonds is 11. The van der Waals surface area contributed by atoms with Crippen molar-refractivity contribution in [2.75, 3.05) is 13.2 Å². The summed E-state index contributed by atoms with van der Waals surface area (Å²) in [6, 6.07) is 0. The molecule has 0 bridgehead atoms. The van der Waals surface area contributed by atoms with Crippen molar-refractivity contribution in [3.8, 4) is 0 Å². The molecule has 0 N–H and O–H groups in total. The topological polar surface area (TPSA) is 18.5 Å². The van der Waals surface area contributed by atoms with E-state index in [-0.39, 0.29) is 0 Å². The maximum Gasteiger partial charge on any atom is 0.0970 e. The fraction of sp³-hybridized carbons (Fsp3) is 0.929. The smallest absolute Gasteiger partial charge is 0.0970 e. The van der Waals surface area contributed by atoms with Gasteiger partial charge in [-0.05, 0) is 46.0 Å². The lowest BCUT2D eigenvalue weighted by Crippen LogP contribution is -2.07. The second-order valence-electron chi connectivity index (χ2n) is 4.51. The van der Waals surface area contributed by atoms with Gasteiger partial charge in [-0.25, -0.2) is 0 Å². The Hall–Kier alpha value is -0.0800. The molecule has 0 fully saturated rings. The zero-order valence-corrected chi connectivity index (χ0v) is 11.6. The van der Waals surface area contributed by atoms with Crippen LogP contribution in [-0.4, -0.2) is 19.3 Å². The van der Waals surface area contributed by atoms with E-state index in [0.29, 0.717) is 6.10 Å². The molecule has 0 amide bonds. The zero-order chi connectivity index (χ0) is 12.2. The predicted octanol–water partition coefficient (Wildman–Crippen LogP) is 4.34. The van der Waals surface area contributed by atoms with Crippen LogP contribution in [0, 0.1) is 6.10 Å². The van der Waals surface area contributed by atoms with Crippen molar-refractivity contribution in [2.45, 2.75) is 72.3 Å². The molecule has 0 aliphatic rings. The molecule has 0 unspecified atom stereocenters. The highest BCUT2D eigenvalue weighted by molar-refractivity contribution is 4.77. The van der Waals surface area contributed by atoms with Gasteiger partial charge in [-0.3, -0.25) is 0 Å². The molecule has 2 heteroatoms. The summed E-state index contributed by atoms with van der Waals surface area (Å²) >= 11 is 0. The Morgan fingerprint density at radius 2 is 1.69 bits per heavy atom. The summed E-state index contributed by atoms with van der Waals surface area (Å²) in [5.74, 6) is 0. The Balaban J connectivity index is 3.43.